The number of rotatable bonds is 3. The van der Waals surface area contributed by atoms with E-state index in [0.29, 0.717) is 29.4 Å². The van der Waals surface area contributed by atoms with Crippen molar-refractivity contribution in [3.05, 3.63) is 197 Å². The van der Waals surface area contributed by atoms with Gasteiger partial charge in [0, 0.05) is 10.6 Å². The quantitative estimate of drug-likeness (QED) is 0.0549. The highest BCUT2D eigenvalue weighted by molar-refractivity contribution is 7.85. The van der Waals surface area contributed by atoms with Gasteiger partial charge < -0.3 is 20.2 Å². The second-order valence-corrected chi connectivity index (χ2v) is 28.7. The smallest absolute Gasteiger partial charge is 0.412 e. The van der Waals surface area contributed by atoms with E-state index >= 15 is 0 Å². The maximum absolute atomic E-state index is 12.4. The first kappa shape index (κ1) is 72.3. The highest BCUT2D eigenvalue weighted by Gasteiger charge is 2.23. The average molecular weight is 1130 g/mol. The second kappa shape index (κ2) is 37.5. The predicted octanol–water partition coefficient (Wildman–Crippen LogP) is 8.68. The van der Waals surface area contributed by atoms with Crippen LogP contribution in [-0.2, 0) is 39.5 Å². The number of halogens is 3. The third-order valence-corrected chi connectivity index (χ3v) is 9.93. The molecule has 0 aliphatic heterocycles. The monoisotopic (exact) mass is 1130 g/mol. The van der Waals surface area contributed by atoms with Gasteiger partial charge >= 0.3 is 19.0 Å². The van der Waals surface area contributed by atoms with Gasteiger partial charge in [-0.3, -0.25) is 22.8 Å². The van der Waals surface area contributed by atoms with Gasteiger partial charge in [-0.2, -0.15) is 25.3 Å². The Labute approximate surface area is 425 Å². The molecule has 0 fully saturated rings. The summed E-state index contributed by atoms with van der Waals surface area (Å²) in [5.41, 5.74) is 7.12. The highest BCUT2D eigenvalue weighted by atomic mass is 35.8. The minimum absolute atomic E-state index is 0. The first-order chi connectivity index (χ1) is 30.9. The minimum atomic E-state index is -4.04. The van der Waals surface area contributed by atoms with Crippen LogP contribution in [0, 0.1) is 41.5 Å². The molecule has 0 saturated heterocycles. The van der Waals surface area contributed by atoms with Crippen LogP contribution in [0.15, 0.2) is 164 Å². The molecule has 0 aliphatic rings. The topological polar surface area (TPSA) is 289 Å². The standard InChI is InChI=1S/C14H15O2P.C7H9O3P.3C7H8.3CH4O3S.Al.3ClH.H2O/c1-11-3-7-13(8-4-11)17(15,16)14-9-5-12(2)6-10-14;1-6-2-4-7(5-3-6)11(8,9)10;3*1-7-5-3-2-4-6-7;3*1-5(2,3)4;;;;;/h3-10H,1-2H3,(H,15,16);2-5H,1H3,(H2,8,9,10);3*2-6H,1H3;3*1H3,(H,2,3,4);;3*1H;1H2/q;;;;;;;;+3;;;;/p-3. The number of benzene rings is 6. The Balaban J connectivity index is -0.000000360. The fourth-order valence-electron chi connectivity index (χ4n) is 3.98. The van der Waals surface area contributed by atoms with E-state index in [0.717, 1.165) is 16.7 Å². The molecule has 0 radical (unpaired) electrons. The Kier molecular flexibility index (Phi) is 39.3. The zero-order valence-corrected chi connectivity index (χ0v) is 47.0. The van der Waals surface area contributed by atoms with Gasteiger partial charge in [-0.25, -0.2) is 30.1 Å². The molecule has 69 heavy (non-hydrogen) atoms. The Morgan fingerprint density at radius 2 is 0.507 bits per heavy atom. The Bertz CT molecular complexity index is 2450. The molecule has 24 heteroatoms. The predicted molar refractivity (Wildman–Crippen MR) is 287 cm³/mol. The molecule has 0 unspecified atom stereocenters. The van der Waals surface area contributed by atoms with E-state index in [1.54, 1.807) is 36.4 Å². The van der Waals surface area contributed by atoms with Crippen molar-refractivity contribution in [2.24, 2.45) is 0 Å². The van der Waals surface area contributed by atoms with Crippen molar-refractivity contribution in [1.29, 1.82) is 0 Å². The van der Waals surface area contributed by atoms with Gasteiger partial charge in [0.2, 0.25) is 0 Å². The maximum Gasteiger partial charge on any atom is 0.643 e. The van der Waals surface area contributed by atoms with Crippen LogP contribution in [-0.4, -0.2) is 89.2 Å². The van der Waals surface area contributed by atoms with Gasteiger partial charge in [-0.05, 0) is 77.9 Å². The zero-order chi connectivity index (χ0) is 53.4. The molecular weight excluding hydrogens is 1070 g/mol. The molecule has 0 aliphatic carbocycles. The van der Waals surface area contributed by atoms with E-state index in [4.69, 9.17) is 53.6 Å². The SMILES string of the molecule is CS(=O)(=O)O.CS(=O)(=O)O.CS(=O)(=O)O.Cc1ccc(P(=O)(O)O)cc1.Cc1ccc(P(=O)(O)c2ccc(C)cc2)cc1.Cc1ccccc1.Cc1ccccc1.Cc1ccccc1.O.[Cl][Al]([Cl])[Cl]. The molecule has 0 atom stereocenters. The van der Waals surface area contributed by atoms with Crippen LogP contribution < -0.4 is 15.9 Å². The van der Waals surface area contributed by atoms with Gasteiger partial charge in [-0.15, -0.1) is 0 Å². The van der Waals surface area contributed by atoms with Crippen molar-refractivity contribution in [3.63, 3.8) is 0 Å². The molecule has 8 N–H and O–H groups in total. The van der Waals surface area contributed by atoms with E-state index in [9.17, 15) is 39.3 Å². The summed E-state index contributed by atoms with van der Waals surface area (Å²) in [6.07, 6.45) is 2.15. The third kappa shape index (κ3) is 53.9. The summed E-state index contributed by atoms with van der Waals surface area (Å²) in [4.78, 5) is 27.6. The average Bonchev–Trinajstić information content (AvgIpc) is 3.18. The maximum atomic E-state index is 12.4. The number of aryl methyl sites for hydroxylation is 6. The molecule has 15 nitrogen and oxygen atoms in total. The largest absolute Gasteiger partial charge is 0.643 e. The number of hydrogen-bond donors (Lipinski definition) is 6. The molecule has 0 heterocycles. The van der Waals surface area contributed by atoms with Crippen LogP contribution >= 0.6 is 45.1 Å². The number of hydrogen-bond acceptors (Lipinski definition) is 8. The van der Waals surface area contributed by atoms with E-state index in [1.165, 1.54) is 28.8 Å². The van der Waals surface area contributed by atoms with Crippen LogP contribution in [0.2, 0.25) is 0 Å². The normalized spacial score (nSPS) is 10.2. The second-order valence-electron chi connectivity index (χ2n) is 14.0. The molecule has 6 aromatic carbocycles. The van der Waals surface area contributed by atoms with E-state index in [-0.39, 0.29) is 10.8 Å². The molecule has 6 rings (SSSR count). The summed E-state index contributed by atoms with van der Waals surface area (Å²) in [5.74, 6) is 0. The Morgan fingerprint density at radius 1 is 0.362 bits per heavy atom. The Morgan fingerprint density at radius 3 is 0.638 bits per heavy atom. The first-order valence-electron chi connectivity index (χ1n) is 19.3. The van der Waals surface area contributed by atoms with Gasteiger partial charge in [0.15, 0.2) is 0 Å². The lowest BCUT2D eigenvalue weighted by Crippen LogP contribution is -2.15. The molecule has 384 valence electrons. The van der Waals surface area contributed by atoms with Crippen molar-refractivity contribution in [3.8, 4) is 0 Å². The van der Waals surface area contributed by atoms with Gasteiger partial charge in [-0.1, -0.05) is 161 Å². The van der Waals surface area contributed by atoms with Gasteiger partial charge in [0.1, 0.15) is 0 Å². The highest BCUT2D eigenvalue weighted by Crippen LogP contribution is 2.38. The van der Waals surface area contributed by atoms with E-state index < -0.39 is 56.7 Å². The lowest BCUT2D eigenvalue weighted by molar-refractivity contribution is 0.387. The third-order valence-electron chi connectivity index (χ3n) is 6.96. The minimum Gasteiger partial charge on any atom is -0.412 e. The van der Waals surface area contributed by atoms with Crippen LogP contribution in [0.4, 0.5) is 0 Å². The van der Waals surface area contributed by atoms with E-state index in [1.807, 2.05) is 99.6 Å². The van der Waals surface area contributed by atoms with Gasteiger partial charge in [0.05, 0.1) is 24.1 Å². The van der Waals surface area contributed by atoms with Crippen molar-refractivity contribution < 1.29 is 68.2 Å². The van der Waals surface area contributed by atoms with Crippen LogP contribution in [0.1, 0.15) is 33.4 Å². The van der Waals surface area contributed by atoms with Crippen LogP contribution in [0.5, 0.6) is 0 Å². The van der Waals surface area contributed by atoms with Crippen molar-refractivity contribution in [2.75, 3.05) is 18.8 Å². The van der Waals surface area contributed by atoms with Crippen molar-refractivity contribution in [1.82, 2.24) is 0 Å². The molecule has 0 spiro atoms. The van der Waals surface area contributed by atoms with Crippen LogP contribution in [0.3, 0.4) is 0 Å². The molecule has 0 amide bonds. The van der Waals surface area contributed by atoms with Crippen LogP contribution in [0.25, 0.3) is 0 Å². The molecular formula is C45H62AlCl3O15P2S3. The summed E-state index contributed by atoms with van der Waals surface area (Å²) in [6, 6.07) is 51.3. The first-order valence-corrected chi connectivity index (χ1v) is 33.3. The summed E-state index contributed by atoms with van der Waals surface area (Å²) in [5, 5.41) is 1.03. The van der Waals surface area contributed by atoms with E-state index in [2.05, 4.69) is 57.2 Å². The summed E-state index contributed by atoms with van der Waals surface area (Å²) in [7, 11) is -3.64. The fraction of sp³-hybridized carbons (Fsp3) is 0.200. The van der Waals surface area contributed by atoms with Gasteiger partial charge in [0.25, 0.3) is 37.7 Å². The lowest BCUT2D eigenvalue weighted by atomic mass is 10.2. The molecule has 0 saturated carbocycles. The molecule has 0 aromatic heterocycles. The summed E-state index contributed by atoms with van der Waals surface area (Å²) in [6.45, 7) is 12.0. The Hall–Kier alpha value is -3.25. The van der Waals surface area contributed by atoms with Crippen molar-refractivity contribution >= 4 is 103 Å². The zero-order valence-electron chi connectivity index (χ0n) is 39.4. The molecule has 6 aromatic rings. The summed E-state index contributed by atoms with van der Waals surface area (Å²) >= 11 is -1.72. The fourth-order valence-corrected chi connectivity index (χ4v) is 5.93. The lowest BCUT2D eigenvalue weighted by Gasteiger charge is -2.12. The molecule has 0 bridgehead atoms. The summed E-state index contributed by atoms with van der Waals surface area (Å²) < 4.78 is 101. The van der Waals surface area contributed by atoms with Crippen molar-refractivity contribution in [2.45, 2.75) is 41.5 Å².